The molecule has 0 aromatic heterocycles. The van der Waals surface area contributed by atoms with Gasteiger partial charge in [0.2, 0.25) is 0 Å². The van der Waals surface area contributed by atoms with Crippen molar-refractivity contribution in [3.05, 3.63) is 23.8 Å². The number of rotatable bonds is 3. The number of phenolic OH excluding ortho intramolecular Hbond substituents is 2. The lowest BCUT2D eigenvalue weighted by molar-refractivity contribution is 0.0956. The lowest BCUT2D eigenvalue weighted by Gasteiger charge is -2.06. The Balaban J connectivity index is 2.77. The van der Waals surface area contributed by atoms with E-state index in [-0.39, 0.29) is 29.4 Å². The first-order chi connectivity index (χ1) is 7.54. The third kappa shape index (κ3) is 2.77. The van der Waals surface area contributed by atoms with Crippen molar-refractivity contribution in [2.45, 2.75) is 0 Å². The molecule has 0 atom stereocenters. The van der Waals surface area contributed by atoms with Gasteiger partial charge >= 0.3 is 0 Å². The van der Waals surface area contributed by atoms with Gasteiger partial charge in [-0.3, -0.25) is 4.79 Å². The topological polar surface area (TPSA) is 128 Å². The van der Waals surface area contributed by atoms with E-state index in [9.17, 15) is 9.90 Å². The molecule has 0 aliphatic carbocycles. The predicted molar refractivity (Wildman–Crippen MR) is 55.5 cm³/mol. The van der Waals surface area contributed by atoms with Gasteiger partial charge in [0.15, 0.2) is 5.84 Å². The van der Waals surface area contributed by atoms with Crippen molar-refractivity contribution in [2.24, 2.45) is 10.9 Å². The summed E-state index contributed by atoms with van der Waals surface area (Å²) >= 11 is 0. The molecule has 0 saturated heterocycles. The maximum absolute atomic E-state index is 11.5. The SMILES string of the molecule is N/C(CNC(=O)c1cc(O)ccc1O)=N/O. The van der Waals surface area contributed by atoms with Crippen LogP contribution in [0.2, 0.25) is 0 Å². The molecule has 0 fully saturated rings. The first-order valence-electron chi connectivity index (χ1n) is 4.31. The Morgan fingerprint density at radius 3 is 2.75 bits per heavy atom. The summed E-state index contributed by atoms with van der Waals surface area (Å²) in [5.74, 6) is -1.23. The van der Waals surface area contributed by atoms with Gasteiger partial charge in [0.25, 0.3) is 5.91 Å². The number of nitrogens with one attached hydrogen (secondary N) is 1. The van der Waals surface area contributed by atoms with Crippen molar-refractivity contribution in [3.8, 4) is 11.5 Å². The number of hydrogen-bond acceptors (Lipinski definition) is 5. The second kappa shape index (κ2) is 4.87. The zero-order chi connectivity index (χ0) is 12.1. The maximum atomic E-state index is 11.5. The molecule has 0 radical (unpaired) electrons. The van der Waals surface area contributed by atoms with Gasteiger partial charge in [-0.15, -0.1) is 0 Å². The number of nitrogens with zero attached hydrogens (tertiary/aromatic N) is 1. The molecule has 0 unspecified atom stereocenters. The number of oxime groups is 1. The molecular weight excluding hydrogens is 214 g/mol. The van der Waals surface area contributed by atoms with Gasteiger partial charge in [-0.05, 0) is 18.2 Å². The molecule has 0 spiro atoms. The molecule has 0 bridgehead atoms. The van der Waals surface area contributed by atoms with Crippen LogP contribution in [0.4, 0.5) is 0 Å². The molecule has 1 aromatic carbocycles. The third-order valence-corrected chi connectivity index (χ3v) is 1.78. The van der Waals surface area contributed by atoms with Crippen LogP contribution in [0.25, 0.3) is 0 Å². The first kappa shape index (κ1) is 11.6. The van der Waals surface area contributed by atoms with E-state index < -0.39 is 5.91 Å². The predicted octanol–water partition coefficient (Wildman–Crippen LogP) is -0.426. The smallest absolute Gasteiger partial charge is 0.255 e. The van der Waals surface area contributed by atoms with Crippen LogP contribution in [0.1, 0.15) is 10.4 Å². The molecule has 7 heteroatoms. The Morgan fingerprint density at radius 2 is 2.12 bits per heavy atom. The highest BCUT2D eigenvalue weighted by Gasteiger charge is 2.11. The van der Waals surface area contributed by atoms with E-state index >= 15 is 0 Å². The van der Waals surface area contributed by atoms with E-state index in [1.54, 1.807) is 0 Å². The summed E-state index contributed by atoms with van der Waals surface area (Å²) in [6.45, 7) is -0.162. The standard InChI is InChI=1S/C9H11N3O4/c10-8(12-16)4-11-9(15)6-3-5(13)1-2-7(6)14/h1-3,13-14,16H,4H2,(H2,10,12)(H,11,15). The Hall–Kier alpha value is -2.44. The fourth-order valence-electron chi connectivity index (χ4n) is 1.01. The second-order valence-electron chi connectivity index (χ2n) is 2.98. The van der Waals surface area contributed by atoms with Crippen LogP contribution in [-0.4, -0.2) is 33.7 Å². The molecule has 1 rings (SSSR count). The zero-order valence-corrected chi connectivity index (χ0v) is 8.21. The molecule has 7 nitrogen and oxygen atoms in total. The van der Waals surface area contributed by atoms with Crippen molar-refractivity contribution in [1.82, 2.24) is 5.32 Å². The minimum absolute atomic E-state index is 0.0919. The highest BCUT2D eigenvalue weighted by Crippen LogP contribution is 2.21. The van der Waals surface area contributed by atoms with Crippen LogP contribution in [-0.2, 0) is 0 Å². The molecular formula is C9H11N3O4. The molecule has 0 heterocycles. The fraction of sp³-hybridized carbons (Fsp3) is 0.111. The number of benzene rings is 1. The van der Waals surface area contributed by atoms with E-state index in [1.807, 2.05) is 0 Å². The normalized spacial score (nSPS) is 11.1. The van der Waals surface area contributed by atoms with Crippen LogP contribution in [0.3, 0.4) is 0 Å². The Kier molecular flexibility index (Phi) is 3.54. The van der Waals surface area contributed by atoms with E-state index in [1.165, 1.54) is 12.1 Å². The van der Waals surface area contributed by atoms with Crippen molar-refractivity contribution in [3.63, 3.8) is 0 Å². The largest absolute Gasteiger partial charge is 0.508 e. The summed E-state index contributed by atoms with van der Waals surface area (Å²) in [6, 6.07) is 3.54. The summed E-state index contributed by atoms with van der Waals surface area (Å²) in [6.07, 6.45) is 0. The highest BCUT2D eigenvalue weighted by atomic mass is 16.4. The van der Waals surface area contributed by atoms with Crippen LogP contribution < -0.4 is 11.1 Å². The van der Waals surface area contributed by atoms with Crippen LogP contribution in [0, 0.1) is 0 Å². The first-order valence-corrected chi connectivity index (χ1v) is 4.31. The minimum Gasteiger partial charge on any atom is -0.508 e. The monoisotopic (exact) mass is 225 g/mol. The molecule has 0 aliphatic heterocycles. The van der Waals surface area contributed by atoms with Crippen molar-refractivity contribution in [2.75, 3.05) is 6.54 Å². The number of amides is 1. The summed E-state index contributed by atoms with van der Waals surface area (Å²) in [7, 11) is 0. The van der Waals surface area contributed by atoms with Gasteiger partial charge in [-0.25, -0.2) is 0 Å². The average molecular weight is 225 g/mol. The van der Waals surface area contributed by atoms with E-state index in [0.717, 1.165) is 6.07 Å². The lowest BCUT2D eigenvalue weighted by atomic mass is 10.2. The molecule has 0 aliphatic rings. The molecule has 0 saturated carbocycles. The summed E-state index contributed by atoms with van der Waals surface area (Å²) in [5.41, 5.74) is 5.05. The average Bonchev–Trinajstić information content (AvgIpc) is 2.28. The number of phenols is 2. The van der Waals surface area contributed by atoms with Gasteiger partial charge < -0.3 is 26.5 Å². The number of hydrogen-bond donors (Lipinski definition) is 5. The van der Waals surface area contributed by atoms with E-state index in [2.05, 4.69) is 10.5 Å². The Bertz CT molecular complexity index is 431. The van der Waals surface area contributed by atoms with Crippen molar-refractivity contribution in [1.29, 1.82) is 0 Å². The van der Waals surface area contributed by atoms with Gasteiger partial charge in [-0.1, -0.05) is 5.16 Å². The van der Waals surface area contributed by atoms with Crippen molar-refractivity contribution < 1.29 is 20.2 Å². The number of aromatic hydroxyl groups is 2. The highest BCUT2D eigenvalue weighted by molar-refractivity contribution is 5.99. The van der Waals surface area contributed by atoms with Crippen LogP contribution in [0.15, 0.2) is 23.4 Å². The number of amidine groups is 1. The quantitative estimate of drug-likeness (QED) is 0.157. The van der Waals surface area contributed by atoms with Gasteiger partial charge in [0.1, 0.15) is 11.5 Å². The Morgan fingerprint density at radius 1 is 1.44 bits per heavy atom. The molecule has 16 heavy (non-hydrogen) atoms. The molecule has 6 N–H and O–H groups in total. The summed E-state index contributed by atoms with van der Waals surface area (Å²) < 4.78 is 0. The summed E-state index contributed by atoms with van der Waals surface area (Å²) in [4.78, 5) is 11.5. The second-order valence-corrected chi connectivity index (χ2v) is 2.98. The van der Waals surface area contributed by atoms with Gasteiger partial charge in [0, 0.05) is 0 Å². The Labute approximate surface area is 90.8 Å². The van der Waals surface area contributed by atoms with Crippen LogP contribution in [0.5, 0.6) is 11.5 Å². The summed E-state index contributed by atoms with van der Waals surface area (Å²) in [5, 5.41) is 31.7. The zero-order valence-electron chi connectivity index (χ0n) is 8.21. The lowest BCUT2D eigenvalue weighted by Crippen LogP contribution is -2.33. The molecule has 1 aromatic rings. The van der Waals surface area contributed by atoms with Crippen LogP contribution >= 0.6 is 0 Å². The van der Waals surface area contributed by atoms with E-state index in [0.29, 0.717) is 0 Å². The number of carbonyl (C=O) groups is 1. The maximum Gasteiger partial charge on any atom is 0.255 e. The van der Waals surface area contributed by atoms with Gasteiger partial charge in [-0.2, -0.15) is 0 Å². The van der Waals surface area contributed by atoms with Gasteiger partial charge in [0.05, 0.1) is 12.1 Å². The fourth-order valence-corrected chi connectivity index (χ4v) is 1.01. The molecule has 86 valence electrons. The van der Waals surface area contributed by atoms with E-state index in [4.69, 9.17) is 16.0 Å². The minimum atomic E-state index is -0.639. The number of carbonyl (C=O) groups excluding carboxylic acids is 1. The van der Waals surface area contributed by atoms with Crippen molar-refractivity contribution >= 4 is 11.7 Å². The molecule has 1 amide bonds. The number of nitrogens with two attached hydrogens (primary N) is 1. The third-order valence-electron chi connectivity index (χ3n) is 1.78.